The molecule has 3 heterocycles. The number of thiazole rings is 1. The summed E-state index contributed by atoms with van der Waals surface area (Å²) < 4.78 is 1.33. The van der Waals surface area contributed by atoms with Crippen molar-refractivity contribution in [2.24, 2.45) is 5.92 Å². The van der Waals surface area contributed by atoms with Crippen molar-refractivity contribution in [2.75, 3.05) is 17.2 Å². The highest BCUT2D eigenvalue weighted by atomic mass is 32.1. The van der Waals surface area contributed by atoms with Gasteiger partial charge in [-0.1, -0.05) is 27.2 Å². The lowest BCUT2D eigenvalue weighted by Crippen LogP contribution is -2.42. The molecule has 0 atom stereocenters. The first-order valence-corrected chi connectivity index (χ1v) is 12.0. The predicted octanol–water partition coefficient (Wildman–Crippen LogP) is 3.06. The van der Waals surface area contributed by atoms with Crippen LogP contribution >= 0.6 is 11.3 Å². The molecule has 0 aliphatic carbocycles. The van der Waals surface area contributed by atoms with Crippen molar-refractivity contribution in [3.63, 3.8) is 0 Å². The Morgan fingerprint density at radius 2 is 2.12 bits per heavy atom. The molecule has 0 unspecified atom stereocenters. The summed E-state index contributed by atoms with van der Waals surface area (Å²) in [5.41, 5.74) is 6.56. The summed E-state index contributed by atoms with van der Waals surface area (Å²) in [6.45, 7) is 6.77. The van der Waals surface area contributed by atoms with Crippen molar-refractivity contribution >= 4 is 28.7 Å². The molecule has 176 valence electrons. The number of nitrogen functional groups attached to an aromatic ring is 1. The highest BCUT2D eigenvalue weighted by Gasteiger charge is 2.25. The fourth-order valence-corrected chi connectivity index (χ4v) is 4.20. The van der Waals surface area contributed by atoms with E-state index in [0.717, 1.165) is 23.4 Å². The number of rotatable bonds is 10. The number of anilines is 2. The Labute approximate surface area is 196 Å². The molecule has 0 aliphatic heterocycles. The Morgan fingerprint density at radius 1 is 1.33 bits per heavy atom. The second-order valence-electron chi connectivity index (χ2n) is 8.29. The van der Waals surface area contributed by atoms with Crippen molar-refractivity contribution in [2.45, 2.75) is 53.0 Å². The monoisotopic (exact) mass is 470 g/mol. The molecule has 3 N–H and O–H groups in total. The zero-order valence-corrected chi connectivity index (χ0v) is 20.0. The summed E-state index contributed by atoms with van der Waals surface area (Å²) in [6, 6.07) is 3.74. The van der Waals surface area contributed by atoms with Crippen molar-refractivity contribution < 1.29 is 4.79 Å². The number of pyridine rings is 1. The van der Waals surface area contributed by atoms with E-state index >= 15 is 0 Å². The predicted molar refractivity (Wildman–Crippen MR) is 132 cm³/mol. The zero-order chi connectivity index (χ0) is 24.0. The molecule has 0 radical (unpaired) electrons. The minimum atomic E-state index is -0.656. The number of unbranched alkanes of at least 4 members (excludes halogenated alkanes) is 1. The first kappa shape index (κ1) is 24.4. The van der Waals surface area contributed by atoms with Gasteiger partial charge >= 0.3 is 5.69 Å². The Hall–Kier alpha value is -3.27. The smallest absolute Gasteiger partial charge is 0.330 e. The maximum absolute atomic E-state index is 13.4. The van der Waals surface area contributed by atoms with Crippen molar-refractivity contribution in [3.05, 3.63) is 56.4 Å². The number of aromatic amines is 1. The highest BCUT2D eigenvalue weighted by Crippen LogP contribution is 2.24. The van der Waals surface area contributed by atoms with Gasteiger partial charge in [0.15, 0.2) is 5.69 Å². The van der Waals surface area contributed by atoms with Crippen LogP contribution in [0.4, 0.5) is 11.5 Å². The van der Waals surface area contributed by atoms with Crippen molar-refractivity contribution in [1.82, 2.24) is 19.5 Å². The van der Waals surface area contributed by atoms with E-state index in [4.69, 9.17) is 5.73 Å². The second-order valence-corrected chi connectivity index (χ2v) is 9.15. The Balaban J connectivity index is 1.93. The average Bonchev–Trinajstić information content (AvgIpc) is 3.24. The van der Waals surface area contributed by atoms with Crippen molar-refractivity contribution in [1.29, 1.82) is 0 Å². The normalized spacial score (nSPS) is 11.2. The van der Waals surface area contributed by atoms with Crippen LogP contribution in [0.3, 0.4) is 0 Å². The maximum Gasteiger partial charge on any atom is 0.330 e. The topological polar surface area (TPSA) is 127 Å². The summed E-state index contributed by atoms with van der Waals surface area (Å²) in [4.78, 5) is 50.8. The molecule has 1 amide bonds. The van der Waals surface area contributed by atoms with Gasteiger partial charge in [-0.15, -0.1) is 11.3 Å². The third-order valence-electron chi connectivity index (χ3n) is 5.24. The number of hydrogen-bond acceptors (Lipinski definition) is 7. The largest absolute Gasteiger partial charge is 0.383 e. The highest BCUT2D eigenvalue weighted by molar-refractivity contribution is 7.13. The maximum atomic E-state index is 13.4. The number of carbonyl (C=O) groups is 1. The number of nitrogens with zero attached hydrogens (tertiary/aromatic N) is 4. The fraction of sp³-hybridized carbons (Fsp3) is 0.435. The fourth-order valence-electron chi connectivity index (χ4n) is 3.39. The Bertz CT molecular complexity index is 1200. The molecule has 10 heteroatoms. The van der Waals surface area contributed by atoms with Crippen LogP contribution in [0.5, 0.6) is 0 Å². The van der Waals surface area contributed by atoms with E-state index in [1.165, 1.54) is 20.8 Å². The van der Waals surface area contributed by atoms with Gasteiger partial charge in [-0.05, 0) is 30.9 Å². The van der Waals surface area contributed by atoms with Gasteiger partial charge in [-0.25, -0.2) is 9.78 Å². The quantitative estimate of drug-likeness (QED) is 0.469. The van der Waals surface area contributed by atoms with Gasteiger partial charge in [0.2, 0.25) is 5.91 Å². The van der Waals surface area contributed by atoms with E-state index in [1.807, 2.05) is 38.3 Å². The summed E-state index contributed by atoms with van der Waals surface area (Å²) in [7, 11) is 0. The van der Waals surface area contributed by atoms with Crippen molar-refractivity contribution in [3.8, 4) is 10.6 Å². The van der Waals surface area contributed by atoms with E-state index in [9.17, 15) is 14.4 Å². The molecular formula is C23H30N6O3S. The van der Waals surface area contributed by atoms with Crippen LogP contribution < -0.4 is 21.9 Å². The SMILES string of the molecule is CCCCn1c(N)c(N(CCC(C)C)C(=O)Cc2csc(-c3cccnc3)n2)c(=O)[nH]c1=O. The lowest BCUT2D eigenvalue weighted by molar-refractivity contribution is -0.118. The van der Waals surface area contributed by atoms with E-state index in [-0.39, 0.29) is 23.8 Å². The third kappa shape index (κ3) is 5.95. The second kappa shape index (κ2) is 11.0. The molecular weight excluding hydrogens is 440 g/mol. The van der Waals surface area contributed by atoms with Crippen LogP contribution in [0.2, 0.25) is 0 Å². The number of H-pyrrole nitrogens is 1. The molecule has 0 fully saturated rings. The molecule has 0 saturated carbocycles. The Kier molecular flexibility index (Phi) is 8.16. The number of nitrogens with two attached hydrogens (primary N) is 1. The van der Waals surface area contributed by atoms with Gasteiger partial charge in [0.1, 0.15) is 10.8 Å². The van der Waals surface area contributed by atoms with Gasteiger partial charge in [0, 0.05) is 36.4 Å². The van der Waals surface area contributed by atoms with Crippen LogP contribution in [0.1, 0.15) is 45.7 Å². The summed E-state index contributed by atoms with van der Waals surface area (Å²) in [6.07, 6.45) is 5.69. The number of carbonyl (C=O) groups excluding carboxylic acids is 1. The van der Waals surface area contributed by atoms with E-state index in [0.29, 0.717) is 31.1 Å². The third-order valence-corrected chi connectivity index (χ3v) is 6.18. The van der Waals surface area contributed by atoms with Gasteiger partial charge in [-0.3, -0.25) is 24.1 Å². The molecule has 0 saturated heterocycles. The van der Waals surface area contributed by atoms with E-state index in [2.05, 4.69) is 15.0 Å². The number of nitrogens with one attached hydrogen (secondary N) is 1. The molecule has 9 nitrogen and oxygen atoms in total. The molecule has 0 aromatic carbocycles. The standard InChI is InChI=1S/C23H30N6O3S/c1-4-5-10-29-20(24)19(21(31)27-23(29)32)28(11-8-15(2)3)18(30)12-17-14-33-22(26-17)16-7-6-9-25-13-16/h6-7,9,13-15H,4-5,8,10-12,24H2,1-3H3,(H,27,31,32). The molecule has 0 spiro atoms. The molecule has 3 aromatic heterocycles. The van der Waals surface area contributed by atoms with Gasteiger partial charge in [0.05, 0.1) is 12.1 Å². The van der Waals surface area contributed by atoms with Crippen LogP contribution in [-0.2, 0) is 17.8 Å². The first-order chi connectivity index (χ1) is 15.8. The minimum Gasteiger partial charge on any atom is -0.383 e. The molecule has 0 bridgehead atoms. The molecule has 3 rings (SSSR count). The van der Waals surface area contributed by atoms with Crippen LogP contribution in [0.15, 0.2) is 39.5 Å². The van der Waals surface area contributed by atoms with Crippen LogP contribution in [0, 0.1) is 5.92 Å². The van der Waals surface area contributed by atoms with Gasteiger partial charge in [0.25, 0.3) is 5.56 Å². The summed E-state index contributed by atoms with van der Waals surface area (Å²) in [5, 5.41) is 2.60. The van der Waals surface area contributed by atoms with E-state index < -0.39 is 11.2 Å². The van der Waals surface area contributed by atoms with Crippen LogP contribution in [0.25, 0.3) is 10.6 Å². The lowest BCUT2D eigenvalue weighted by atomic mass is 10.1. The van der Waals surface area contributed by atoms with Crippen LogP contribution in [-0.4, -0.2) is 32.0 Å². The van der Waals surface area contributed by atoms with Gasteiger partial charge < -0.3 is 10.6 Å². The van der Waals surface area contributed by atoms with E-state index in [1.54, 1.807) is 12.4 Å². The number of aromatic nitrogens is 4. The average molecular weight is 471 g/mol. The first-order valence-electron chi connectivity index (χ1n) is 11.1. The number of hydrogen-bond donors (Lipinski definition) is 2. The Morgan fingerprint density at radius 3 is 2.79 bits per heavy atom. The summed E-state index contributed by atoms with van der Waals surface area (Å²) >= 11 is 1.43. The minimum absolute atomic E-state index is 0.0157. The lowest BCUT2D eigenvalue weighted by Gasteiger charge is -2.25. The summed E-state index contributed by atoms with van der Waals surface area (Å²) in [5.74, 6) is 0.0308. The zero-order valence-electron chi connectivity index (χ0n) is 19.2. The molecule has 3 aromatic rings. The molecule has 0 aliphatic rings. The molecule has 33 heavy (non-hydrogen) atoms. The van der Waals surface area contributed by atoms with Gasteiger partial charge in [-0.2, -0.15) is 0 Å². The number of amides is 1.